The summed E-state index contributed by atoms with van der Waals surface area (Å²) in [6.45, 7) is 1.96. The first-order valence-corrected chi connectivity index (χ1v) is 7.55. The molecule has 0 bridgehead atoms. The molecule has 0 aromatic heterocycles. The van der Waals surface area contributed by atoms with Gasteiger partial charge in [0.1, 0.15) is 6.61 Å². The predicted octanol–water partition coefficient (Wildman–Crippen LogP) is 1.67. The number of unbranched alkanes of at least 4 members (excludes halogenated alkanes) is 1. The molecule has 1 aromatic carbocycles. The van der Waals surface area contributed by atoms with Crippen molar-refractivity contribution in [1.29, 1.82) is 0 Å². The molecular formula is C16H17NO6. The molecule has 0 N–H and O–H groups in total. The van der Waals surface area contributed by atoms with Gasteiger partial charge in [-0.1, -0.05) is 25.5 Å². The highest BCUT2D eigenvalue weighted by Crippen LogP contribution is 2.28. The fraction of sp³-hybridized carbons (Fsp3) is 0.438. The molecule has 2 aliphatic heterocycles. The van der Waals surface area contributed by atoms with Gasteiger partial charge in [-0.3, -0.25) is 19.1 Å². The second-order valence-electron chi connectivity index (χ2n) is 5.33. The van der Waals surface area contributed by atoms with E-state index in [1.807, 2.05) is 6.92 Å². The molecule has 2 unspecified atom stereocenters. The second-order valence-corrected chi connectivity index (χ2v) is 5.33. The Balaban J connectivity index is 1.63. The van der Waals surface area contributed by atoms with Crippen molar-refractivity contribution in [3.63, 3.8) is 0 Å². The summed E-state index contributed by atoms with van der Waals surface area (Å²) in [6, 6.07) is 6.52. The first-order chi connectivity index (χ1) is 11.1. The molecule has 1 fully saturated rings. The minimum Gasteiger partial charge on any atom is -0.433 e. The van der Waals surface area contributed by atoms with Crippen LogP contribution in [0.15, 0.2) is 24.3 Å². The van der Waals surface area contributed by atoms with Gasteiger partial charge in [0, 0.05) is 6.42 Å². The van der Waals surface area contributed by atoms with Crippen molar-refractivity contribution in [3.8, 4) is 0 Å². The van der Waals surface area contributed by atoms with Gasteiger partial charge < -0.3 is 9.47 Å². The number of hydrogen-bond donors (Lipinski definition) is 0. The molecule has 0 saturated carbocycles. The number of esters is 1. The predicted molar refractivity (Wildman–Crippen MR) is 77.2 cm³/mol. The highest BCUT2D eigenvalue weighted by molar-refractivity contribution is 6.21. The van der Waals surface area contributed by atoms with Crippen LogP contribution in [0, 0.1) is 0 Å². The maximum atomic E-state index is 12.3. The summed E-state index contributed by atoms with van der Waals surface area (Å²) in [6.07, 6.45) is -0.170. The van der Waals surface area contributed by atoms with Crippen LogP contribution in [0.25, 0.3) is 0 Å². The molecule has 1 saturated heterocycles. The average molecular weight is 319 g/mol. The van der Waals surface area contributed by atoms with Crippen LogP contribution in [0.5, 0.6) is 0 Å². The lowest BCUT2D eigenvalue weighted by Crippen LogP contribution is -2.41. The monoisotopic (exact) mass is 319 g/mol. The number of ether oxygens (including phenoxy) is 3. The summed E-state index contributed by atoms with van der Waals surface area (Å²) < 4.78 is 15.8. The number of benzene rings is 1. The van der Waals surface area contributed by atoms with Crippen LogP contribution in [0.3, 0.4) is 0 Å². The SMILES string of the molecule is CCCCC(=O)OC1COC(N2C(=O)c3ccccc3C2=O)O1. The van der Waals surface area contributed by atoms with Gasteiger partial charge in [-0.25, -0.2) is 4.90 Å². The number of nitrogens with zero attached hydrogens (tertiary/aromatic N) is 1. The number of rotatable bonds is 5. The van der Waals surface area contributed by atoms with Gasteiger partial charge in [-0.15, -0.1) is 0 Å². The van der Waals surface area contributed by atoms with Crippen LogP contribution in [0.4, 0.5) is 0 Å². The van der Waals surface area contributed by atoms with E-state index in [0.717, 1.165) is 17.7 Å². The van der Waals surface area contributed by atoms with Gasteiger partial charge in [0.25, 0.3) is 18.2 Å². The Morgan fingerprint density at radius 2 is 1.91 bits per heavy atom. The van der Waals surface area contributed by atoms with Crippen molar-refractivity contribution < 1.29 is 28.6 Å². The minimum atomic E-state index is -1.17. The smallest absolute Gasteiger partial charge is 0.308 e. The Morgan fingerprint density at radius 1 is 1.26 bits per heavy atom. The van der Waals surface area contributed by atoms with E-state index in [1.165, 1.54) is 0 Å². The van der Waals surface area contributed by atoms with Crippen LogP contribution in [-0.2, 0) is 19.0 Å². The van der Waals surface area contributed by atoms with Gasteiger partial charge in [0.2, 0.25) is 6.29 Å². The summed E-state index contributed by atoms with van der Waals surface area (Å²) >= 11 is 0. The molecule has 7 nitrogen and oxygen atoms in total. The average Bonchev–Trinajstić information content (AvgIpc) is 3.09. The van der Waals surface area contributed by atoms with E-state index >= 15 is 0 Å². The fourth-order valence-electron chi connectivity index (χ4n) is 2.49. The van der Waals surface area contributed by atoms with Gasteiger partial charge in [0.05, 0.1) is 11.1 Å². The van der Waals surface area contributed by atoms with Crippen LogP contribution in [0.2, 0.25) is 0 Å². The zero-order valence-corrected chi connectivity index (χ0v) is 12.7. The number of carbonyl (C=O) groups excluding carboxylic acids is 3. The third-order valence-corrected chi connectivity index (χ3v) is 3.68. The minimum absolute atomic E-state index is 0.0179. The fourth-order valence-corrected chi connectivity index (χ4v) is 2.49. The molecule has 2 heterocycles. The summed E-state index contributed by atoms with van der Waals surface area (Å²) in [5.41, 5.74) is 0.626. The number of imide groups is 1. The van der Waals surface area contributed by atoms with E-state index in [2.05, 4.69) is 0 Å². The second kappa shape index (κ2) is 6.47. The van der Waals surface area contributed by atoms with Crippen molar-refractivity contribution >= 4 is 17.8 Å². The zero-order valence-electron chi connectivity index (χ0n) is 12.7. The van der Waals surface area contributed by atoms with Crippen molar-refractivity contribution in [2.75, 3.05) is 6.61 Å². The van der Waals surface area contributed by atoms with E-state index in [-0.39, 0.29) is 12.6 Å². The lowest BCUT2D eigenvalue weighted by Gasteiger charge is -2.20. The Kier molecular flexibility index (Phi) is 4.40. The van der Waals surface area contributed by atoms with E-state index in [4.69, 9.17) is 14.2 Å². The van der Waals surface area contributed by atoms with Gasteiger partial charge in [-0.2, -0.15) is 0 Å². The van der Waals surface area contributed by atoms with Crippen molar-refractivity contribution in [3.05, 3.63) is 35.4 Å². The third kappa shape index (κ3) is 2.97. The Morgan fingerprint density at radius 3 is 2.52 bits per heavy atom. The van der Waals surface area contributed by atoms with E-state index in [0.29, 0.717) is 17.5 Å². The molecule has 0 radical (unpaired) electrons. The Labute approximate surface area is 133 Å². The molecule has 0 spiro atoms. The van der Waals surface area contributed by atoms with Crippen LogP contribution in [-0.4, -0.2) is 42.0 Å². The first-order valence-electron chi connectivity index (χ1n) is 7.55. The lowest BCUT2D eigenvalue weighted by atomic mass is 10.1. The number of carbonyl (C=O) groups is 3. The highest BCUT2D eigenvalue weighted by Gasteiger charge is 2.45. The molecule has 2 aliphatic rings. The molecular weight excluding hydrogens is 302 g/mol. The van der Waals surface area contributed by atoms with Crippen LogP contribution >= 0.6 is 0 Å². The highest BCUT2D eigenvalue weighted by atomic mass is 16.8. The maximum Gasteiger partial charge on any atom is 0.308 e. The number of hydrogen-bond acceptors (Lipinski definition) is 6. The molecule has 2 atom stereocenters. The maximum absolute atomic E-state index is 12.3. The summed E-state index contributed by atoms with van der Waals surface area (Å²) in [5, 5.41) is 0. The summed E-state index contributed by atoms with van der Waals surface area (Å²) in [5.74, 6) is -1.34. The van der Waals surface area contributed by atoms with Crippen molar-refractivity contribution in [1.82, 2.24) is 4.90 Å². The van der Waals surface area contributed by atoms with Crippen LogP contribution < -0.4 is 0 Å². The molecule has 7 heteroatoms. The largest absolute Gasteiger partial charge is 0.433 e. The van der Waals surface area contributed by atoms with Gasteiger partial charge in [-0.05, 0) is 18.6 Å². The number of fused-ring (bicyclic) bond motifs is 1. The normalized spacial score (nSPS) is 23.3. The number of amides is 2. The Hall–Kier alpha value is -2.25. The zero-order chi connectivity index (χ0) is 16.4. The van der Waals surface area contributed by atoms with Gasteiger partial charge in [0.15, 0.2) is 0 Å². The van der Waals surface area contributed by atoms with Gasteiger partial charge >= 0.3 is 5.97 Å². The quantitative estimate of drug-likeness (QED) is 0.606. The van der Waals surface area contributed by atoms with Crippen molar-refractivity contribution in [2.24, 2.45) is 0 Å². The Bertz CT molecular complexity index is 608. The first kappa shape index (κ1) is 15.6. The molecule has 1 aromatic rings. The lowest BCUT2D eigenvalue weighted by molar-refractivity contribution is -0.189. The standard InChI is InChI=1S/C16H17NO6/c1-2-3-8-12(18)22-13-9-21-16(23-13)17-14(19)10-6-4-5-7-11(10)15(17)20/h4-7,13,16H,2-3,8-9H2,1H3. The molecule has 23 heavy (non-hydrogen) atoms. The molecule has 122 valence electrons. The molecule has 0 aliphatic carbocycles. The van der Waals surface area contributed by atoms with E-state index in [9.17, 15) is 14.4 Å². The van der Waals surface area contributed by atoms with E-state index in [1.54, 1.807) is 24.3 Å². The molecule has 3 rings (SSSR count). The molecule has 2 amide bonds. The summed E-state index contributed by atoms with van der Waals surface area (Å²) in [4.78, 5) is 37.1. The van der Waals surface area contributed by atoms with Crippen molar-refractivity contribution in [2.45, 2.75) is 38.9 Å². The topological polar surface area (TPSA) is 82.1 Å². The van der Waals surface area contributed by atoms with E-state index < -0.39 is 24.5 Å². The summed E-state index contributed by atoms with van der Waals surface area (Å²) in [7, 11) is 0. The third-order valence-electron chi connectivity index (χ3n) is 3.68. The van der Waals surface area contributed by atoms with Crippen LogP contribution in [0.1, 0.15) is 46.9 Å².